The van der Waals surface area contributed by atoms with Gasteiger partial charge >= 0.3 is 0 Å². The fraction of sp³-hybridized carbons (Fsp3) is 0.481. The summed E-state index contributed by atoms with van der Waals surface area (Å²) >= 11 is 0. The highest BCUT2D eigenvalue weighted by Crippen LogP contribution is 2.31. The molecular formula is C27H34N6O2. The van der Waals surface area contributed by atoms with Crippen molar-refractivity contribution >= 4 is 5.91 Å². The standard InChI is InChI=1S/C27H34N6O2/c1-4-31(5-2)21-13-14-32(17-21)26(34)23-16-29-33(24(23)18-35-3)27-28-15-20-11-8-10-19-9-6-7-12-22(19)25(20)30-27/h6-7,9,12,15-16,21H,4-5,8,10-11,13-14,17-18H2,1-3H3/t21-/m1/s1. The molecule has 184 valence electrons. The first-order valence-corrected chi connectivity index (χ1v) is 12.7. The Hall–Kier alpha value is -3.10. The largest absolute Gasteiger partial charge is 0.378 e. The second kappa shape index (κ2) is 10.3. The molecule has 1 aliphatic heterocycles. The number of ether oxygens (including phenoxy) is 1. The van der Waals surface area contributed by atoms with Crippen LogP contribution >= 0.6 is 0 Å². The van der Waals surface area contributed by atoms with Crippen molar-refractivity contribution in [2.45, 2.75) is 52.2 Å². The number of likely N-dealkylation sites (N-methyl/N-ethyl adjacent to an activating group) is 1. The van der Waals surface area contributed by atoms with Gasteiger partial charge < -0.3 is 9.64 Å². The van der Waals surface area contributed by atoms with E-state index in [4.69, 9.17) is 9.72 Å². The molecule has 8 nitrogen and oxygen atoms in total. The molecule has 1 saturated heterocycles. The number of hydrogen-bond donors (Lipinski definition) is 0. The van der Waals surface area contributed by atoms with Crippen LogP contribution in [0.5, 0.6) is 0 Å². The minimum Gasteiger partial charge on any atom is -0.378 e. The van der Waals surface area contributed by atoms with E-state index in [-0.39, 0.29) is 12.5 Å². The number of nitrogens with zero attached hydrogens (tertiary/aromatic N) is 6. The fourth-order valence-electron chi connectivity index (χ4n) is 5.49. The summed E-state index contributed by atoms with van der Waals surface area (Å²) in [6.45, 7) is 8.09. The molecule has 0 radical (unpaired) electrons. The molecule has 1 aromatic carbocycles. The van der Waals surface area contributed by atoms with E-state index >= 15 is 0 Å². The molecule has 2 aromatic heterocycles. The first-order valence-electron chi connectivity index (χ1n) is 12.7. The number of carbonyl (C=O) groups excluding carboxylic acids is 1. The summed E-state index contributed by atoms with van der Waals surface area (Å²) < 4.78 is 7.16. The summed E-state index contributed by atoms with van der Waals surface area (Å²) in [5.74, 6) is 0.465. The summed E-state index contributed by atoms with van der Waals surface area (Å²) in [6, 6.07) is 8.84. The summed E-state index contributed by atoms with van der Waals surface area (Å²) in [5, 5.41) is 4.57. The van der Waals surface area contributed by atoms with Gasteiger partial charge in [0.1, 0.15) is 0 Å². The Morgan fingerprint density at radius 3 is 2.74 bits per heavy atom. The van der Waals surface area contributed by atoms with E-state index in [2.05, 4.69) is 53.1 Å². The quantitative estimate of drug-likeness (QED) is 0.522. The van der Waals surface area contributed by atoms with Crippen molar-refractivity contribution in [3.63, 3.8) is 0 Å². The average Bonchev–Trinajstić information content (AvgIpc) is 3.49. The Morgan fingerprint density at radius 2 is 1.94 bits per heavy atom. The van der Waals surface area contributed by atoms with Crippen molar-refractivity contribution in [2.24, 2.45) is 0 Å². The second-order valence-corrected chi connectivity index (χ2v) is 9.32. The van der Waals surface area contributed by atoms with Gasteiger partial charge in [-0.25, -0.2) is 9.97 Å². The van der Waals surface area contributed by atoms with Crippen LogP contribution in [0, 0.1) is 0 Å². The van der Waals surface area contributed by atoms with Gasteiger partial charge in [-0.2, -0.15) is 9.78 Å². The lowest BCUT2D eigenvalue weighted by atomic mass is 10.0. The third-order valence-electron chi connectivity index (χ3n) is 7.37. The van der Waals surface area contributed by atoms with Crippen LogP contribution in [0.2, 0.25) is 0 Å². The van der Waals surface area contributed by atoms with E-state index in [0.29, 0.717) is 23.2 Å². The molecule has 2 aliphatic rings. The highest BCUT2D eigenvalue weighted by molar-refractivity contribution is 5.95. The van der Waals surface area contributed by atoms with Crippen molar-refractivity contribution in [1.82, 2.24) is 29.5 Å². The lowest BCUT2D eigenvalue weighted by molar-refractivity contribution is 0.0772. The zero-order chi connectivity index (χ0) is 24.4. The smallest absolute Gasteiger partial charge is 0.257 e. The monoisotopic (exact) mass is 474 g/mol. The minimum atomic E-state index is -0.00179. The molecule has 1 fully saturated rings. The Kier molecular flexibility index (Phi) is 6.92. The summed E-state index contributed by atoms with van der Waals surface area (Å²) in [4.78, 5) is 27.5. The SMILES string of the molecule is CCN(CC)[C@@H]1CCN(C(=O)c2cnn(-c3ncc4c(n3)-c3ccccc3CCC4)c2COC)C1. The first-order chi connectivity index (χ1) is 17.1. The van der Waals surface area contributed by atoms with Gasteiger partial charge in [0, 0.05) is 38.0 Å². The van der Waals surface area contributed by atoms with Crippen LogP contribution in [-0.2, 0) is 24.2 Å². The molecule has 8 heteroatoms. The Labute approximate surface area is 206 Å². The van der Waals surface area contributed by atoms with Gasteiger partial charge in [-0.1, -0.05) is 38.1 Å². The summed E-state index contributed by atoms with van der Waals surface area (Å²) in [5.41, 5.74) is 5.81. The van der Waals surface area contributed by atoms with E-state index in [1.807, 2.05) is 11.1 Å². The molecule has 1 aliphatic carbocycles. The third kappa shape index (κ3) is 4.48. The zero-order valence-electron chi connectivity index (χ0n) is 20.9. The van der Waals surface area contributed by atoms with Gasteiger partial charge in [0.15, 0.2) is 0 Å². The molecule has 1 amide bonds. The Morgan fingerprint density at radius 1 is 1.14 bits per heavy atom. The number of methoxy groups -OCH3 is 1. The number of aryl methyl sites for hydroxylation is 2. The van der Waals surface area contributed by atoms with Crippen LogP contribution < -0.4 is 0 Å². The molecule has 1 atom stereocenters. The topological polar surface area (TPSA) is 76.4 Å². The highest BCUT2D eigenvalue weighted by atomic mass is 16.5. The summed E-state index contributed by atoms with van der Waals surface area (Å²) in [7, 11) is 1.63. The number of fused-ring (bicyclic) bond motifs is 3. The van der Waals surface area contributed by atoms with E-state index < -0.39 is 0 Å². The van der Waals surface area contributed by atoms with Crippen LogP contribution in [0.25, 0.3) is 17.2 Å². The van der Waals surface area contributed by atoms with Gasteiger partial charge in [-0.15, -0.1) is 0 Å². The van der Waals surface area contributed by atoms with E-state index in [0.717, 1.165) is 68.7 Å². The van der Waals surface area contributed by atoms with E-state index in [1.54, 1.807) is 18.0 Å². The normalized spacial score (nSPS) is 17.4. The maximum absolute atomic E-state index is 13.5. The first kappa shape index (κ1) is 23.6. The van der Waals surface area contributed by atoms with Crippen molar-refractivity contribution in [1.29, 1.82) is 0 Å². The van der Waals surface area contributed by atoms with Crippen LogP contribution in [0.15, 0.2) is 36.7 Å². The number of likely N-dealkylation sites (tertiary alicyclic amines) is 1. The Bertz CT molecular complexity index is 1200. The molecule has 35 heavy (non-hydrogen) atoms. The number of aromatic nitrogens is 4. The minimum absolute atomic E-state index is 0.00179. The maximum atomic E-state index is 13.5. The molecule has 0 N–H and O–H groups in total. The van der Waals surface area contributed by atoms with Crippen LogP contribution in [0.4, 0.5) is 0 Å². The van der Waals surface area contributed by atoms with Crippen LogP contribution in [0.1, 0.15) is 53.9 Å². The van der Waals surface area contributed by atoms with Gasteiger partial charge in [0.05, 0.1) is 29.8 Å². The lowest BCUT2D eigenvalue weighted by Crippen LogP contribution is -2.38. The third-order valence-corrected chi connectivity index (χ3v) is 7.37. The van der Waals surface area contributed by atoms with Crippen molar-refractivity contribution < 1.29 is 9.53 Å². The Balaban J connectivity index is 1.48. The summed E-state index contributed by atoms with van der Waals surface area (Å²) in [6.07, 6.45) is 7.60. The zero-order valence-corrected chi connectivity index (χ0v) is 20.9. The molecule has 0 spiro atoms. The second-order valence-electron chi connectivity index (χ2n) is 9.32. The number of carbonyl (C=O) groups is 1. The molecule has 0 unspecified atom stereocenters. The molecule has 3 aromatic rings. The van der Waals surface area contributed by atoms with Gasteiger partial charge in [-0.3, -0.25) is 9.69 Å². The van der Waals surface area contributed by atoms with Gasteiger partial charge in [0.2, 0.25) is 0 Å². The number of hydrogen-bond acceptors (Lipinski definition) is 6. The molecule has 0 saturated carbocycles. The fourth-order valence-corrected chi connectivity index (χ4v) is 5.49. The van der Waals surface area contributed by atoms with Crippen LogP contribution in [-0.4, -0.2) is 74.8 Å². The number of benzene rings is 1. The predicted octanol–water partition coefficient (Wildman–Crippen LogP) is 3.52. The predicted molar refractivity (Wildman–Crippen MR) is 135 cm³/mol. The molecular weight excluding hydrogens is 440 g/mol. The van der Waals surface area contributed by atoms with E-state index in [9.17, 15) is 4.79 Å². The number of amides is 1. The average molecular weight is 475 g/mol. The maximum Gasteiger partial charge on any atom is 0.257 e. The van der Waals surface area contributed by atoms with Crippen molar-refractivity contribution in [3.8, 4) is 17.2 Å². The highest BCUT2D eigenvalue weighted by Gasteiger charge is 2.32. The van der Waals surface area contributed by atoms with Crippen molar-refractivity contribution in [3.05, 3.63) is 59.0 Å². The lowest BCUT2D eigenvalue weighted by Gasteiger charge is -2.26. The molecule has 5 rings (SSSR count). The van der Waals surface area contributed by atoms with Gasteiger partial charge in [-0.05, 0) is 49.9 Å². The van der Waals surface area contributed by atoms with Crippen LogP contribution in [0.3, 0.4) is 0 Å². The van der Waals surface area contributed by atoms with Gasteiger partial charge in [0.25, 0.3) is 11.9 Å². The van der Waals surface area contributed by atoms with Crippen molar-refractivity contribution in [2.75, 3.05) is 33.3 Å². The van der Waals surface area contributed by atoms with E-state index in [1.165, 1.54) is 5.56 Å². The molecule has 0 bridgehead atoms. The molecule has 3 heterocycles. The number of rotatable bonds is 7.